The van der Waals surface area contributed by atoms with Gasteiger partial charge in [-0.1, -0.05) is 60.7 Å². The van der Waals surface area contributed by atoms with E-state index in [9.17, 15) is 0 Å². The molecule has 0 aliphatic heterocycles. The van der Waals surface area contributed by atoms with Crippen molar-refractivity contribution in [2.24, 2.45) is 23.2 Å². The Kier molecular flexibility index (Phi) is 8.26. The lowest BCUT2D eigenvalue weighted by Crippen LogP contribution is -2.58. The monoisotopic (exact) mass is 446 g/mol. The SMILES string of the molecule is Cl.Cl.c1ccc(CNC[C@@H](NCc2ccccc2)C23CC4CC(CC(C4)C2)C3)cc1. The Bertz CT molecular complexity index is 730. The fourth-order valence-corrected chi connectivity index (χ4v) is 6.90. The van der Waals surface area contributed by atoms with Gasteiger partial charge in [-0.3, -0.25) is 0 Å². The van der Waals surface area contributed by atoms with Crippen molar-refractivity contribution in [2.45, 2.75) is 57.7 Å². The Hall–Kier alpha value is -1.06. The van der Waals surface area contributed by atoms with E-state index in [1.807, 2.05) is 0 Å². The van der Waals surface area contributed by atoms with Gasteiger partial charge in [0.2, 0.25) is 0 Å². The quantitative estimate of drug-likeness (QED) is 0.519. The molecule has 30 heavy (non-hydrogen) atoms. The maximum Gasteiger partial charge on any atom is 0.0252 e. The Morgan fingerprint density at radius 2 is 1.17 bits per heavy atom. The minimum atomic E-state index is 0. The van der Waals surface area contributed by atoms with Crippen LogP contribution in [0.1, 0.15) is 49.7 Å². The molecule has 0 aromatic heterocycles. The summed E-state index contributed by atoms with van der Waals surface area (Å²) in [4.78, 5) is 0. The summed E-state index contributed by atoms with van der Waals surface area (Å²) in [5, 5.41) is 7.82. The second-order valence-electron chi connectivity index (χ2n) is 9.82. The highest BCUT2D eigenvalue weighted by atomic mass is 35.5. The number of hydrogen-bond acceptors (Lipinski definition) is 2. The normalized spacial score (nSPS) is 29.7. The summed E-state index contributed by atoms with van der Waals surface area (Å²) in [6.07, 6.45) is 8.92. The molecule has 4 aliphatic rings. The molecule has 1 atom stereocenters. The van der Waals surface area contributed by atoms with E-state index < -0.39 is 0 Å². The summed E-state index contributed by atoms with van der Waals surface area (Å²) in [6, 6.07) is 22.3. The van der Waals surface area contributed by atoms with Crippen LogP contribution in [0.15, 0.2) is 60.7 Å². The maximum atomic E-state index is 4.02. The molecule has 0 radical (unpaired) electrons. The molecule has 4 saturated carbocycles. The fraction of sp³-hybridized carbons (Fsp3) is 0.538. The van der Waals surface area contributed by atoms with Gasteiger partial charge < -0.3 is 10.6 Å². The average Bonchev–Trinajstić information content (AvgIpc) is 2.71. The lowest BCUT2D eigenvalue weighted by molar-refractivity contribution is -0.0737. The van der Waals surface area contributed by atoms with Crippen molar-refractivity contribution in [1.29, 1.82) is 0 Å². The zero-order chi connectivity index (χ0) is 18.8. The maximum absolute atomic E-state index is 4.02. The number of halogens is 2. The minimum absolute atomic E-state index is 0. The predicted molar refractivity (Wildman–Crippen MR) is 130 cm³/mol. The highest BCUT2D eigenvalue weighted by molar-refractivity contribution is 5.85. The largest absolute Gasteiger partial charge is 0.311 e. The molecular formula is C26H36Cl2N2. The summed E-state index contributed by atoms with van der Waals surface area (Å²) in [5.74, 6) is 3.00. The van der Waals surface area contributed by atoms with Crippen LogP contribution < -0.4 is 10.6 Å². The van der Waals surface area contributed by atoms with Gasteiger partial charge in [0.05, 0.1) is 0 Å². The standard InChI is InChI=1S/C26H34N2.2ClH/c1-3-7-20(8-4-1)17-27-19-25(28-18-21-9-5-2-6-10-21)26-14-22-11-23(15-26)13-24(12-22)16-26;;/h1-10,22-25,27-28H,11-19H2;2*1H/t22?,23?,24?,25-,26?;;/m1../s1. The highest BCUT2D eigenvalue weighted by Crippen LogP contribution is 2.61. The molecule has 2 N–H and O–H groups in total. The van der Waals surface area contributed by atoms with E-state index in [1.165, 1.54) is 49.7 Å². The zero-order valence-corrected chi connectivity index (χ0v) is 19.4. The van der Waals surface area contributed by atoms with Crippen molar-refractivity contribution >= 4 is 24.8 Å². The topological polar surface area (TPSA) is 24.1 Å². The van der Waals surface area contributed by atoms with Crippen molar-refractivity contribution in [3.05, 3.63) is 71.8 Å². The molecule has 4 fully saturated rings. The first-order chi connectivity index (χ1) is 13.8. The lowest BCUT2D eigenvalue weighted by Gasteiger charge is -2.59. The summed E-state index contributed by atoms with van der Waals surface area (Å²) in [7, 11) is 0. The first kappa shape index (κ1) is 23.6. The Morgan fingerprint density at radius 3 is 1.67 bits per heavy atom. The predicted octanol–water partition coefficient (Wildman–Crippen LogP) is 5.99. The van der Waals surface area contributed by atoms with E-state index >= 15 is 0 Å². The molecule has 2 aromatic rings. The molecule has 6 rings (SSSR count). The highest BCUT2D eigenvalue weighted by Gasteiger charge is 2.53. The van der Waals surface area contributed by atoms with Crippen LogP contribution in [0.4, 0.5) is 0 Å². The van der Waals surface area contributed by atoms with E-state index in [1.54, 1.807) is 0 Å². The second-order valence-corrected chi connectivity index (χ2v) is 9.82. The molecule has 2 aromatic carbocycles. The molecule has 4 aliphatic carbocycles. The molecule has 0 heterocycles. The van der Waals surface area contributed by atoms with Gasteiger partial charge in [-0.25, -0.2) is 0 Å². The Balaban J connectivity index is 0.00000128. The first-order valence-electron chi connectivity index (χ1n) is 11.3. The molecule has 4 bridgehead atoms. The molecular weight excluding hydrogens is 411 g/mol. The van der Waals surface area contributed by atoms with Gasteiger partial charge in [0.15, 0.2) is 0 Å². The van der Waals surface area contributed by atoms with E-state index in [4.69, 9.17) is 0 Å². The summed E-state index contributed by atoms with van der Waals surface area (Å²) in [6.45, 7) is 3.03. The van der Waals surface area contributed by atoms with Crippen LogP contribution in [0, 0.1) is 23.2 Å². The molecule has 4 heteroatoms. The lowest BCUT2D eigenvalue weighted by atomic mass is 9.47. The van der Waals surface area contributed by atoms with Crippen molar-refractivity contribution < 1.29 is 0 Å². The van der Waals surface area contributed by atoms with E-state index in [2.05, 4.69) is 71.3 Å². The summed E-state index contributed by atoms with van der Waals surface area (Å²) < 4.78 is 0. The van der Waals surface area contributed by atoms with Crippen LogP contribution in [-0.4, -0.2) is 12.6 Å². The van der Waals surface area contributed by atoms with Gasteiger partial charge in [0, 0.05) is 25.7 Å². The number of rotatable bonds is 8. The first-order valence-corrected chi connectivity index (χ1v) is 11.3. The van der Waals surface area contributed by atoms with E-state index in [-0.39, 0.29) is 24.8 Å². The van der Waals surface area contributed by atoms with Gasteiger partial charge in [-0.05, 0) is 72.8 Å². The Morgan fingerprint density at radius 1 is 0.700 bits per heavy atom. The van der Waals surface area contributed by atoms with Crippen molar-refractivity contribution in [1.82, 2.24) is 10.6 Å². The summed E-state index contributed by atoms with van der Waals surface area (Å²) >= 11 is 0. The van der Waals surface area contributed by atoms with Crippen LogP contribution in [0.25, 0.3) is 0 Å². The van der Waals surface area contributed by atoms with Gasteiger partial charge in [0.1, 0.15) is 0 Å². The van der Waals surface area contributed by atoms with Gasteiger partial charge in [0.25, 0.3) is 0 Å². The molecule has 0 amide bonds. The molecule has 164 valence electrons. The number of hydrogen-bond donors (Lipinski definition) is 2. The molecule has 0 spiro atoms. The van der Waals surface area contributed by atoms with E-state index in [0.29, 0.717) is 11.5 Å². The van der Waals surface area contributed by atoms with Crippen molar-refractivity contribution in [2.75, 3.05) is 6.54 Å². The second kappa shape index (κ2) is 10.5. The number of nitrogens with one attached hydrogen (secondary N) is 2. The third-order valence-corrected chi connectivity index (χ3v) is 7.74. The van der Waals surface area contributed by atoms with Gasteiger partial charge >= 0.3 is 0 Å². The van der Waals surface area contributed by atoms with Gasteiger partial charge in [-0.2, -0.15) is 0 Å². The average molecular weight is 447 g/mol. The zero-order valence-electron chi connectivity index (χ0n) is 17.8. The van der Waals surface area contributed by atoms with Crippen LogP contribution in [-0.2, 0) is 13.1 Å². The van der Waals surface area contributed by atoms with Crippen molar-refractivity contribution in [3.63, 3.8) is 0 Å². The summed E-state index contributed by atoms with van der Waals surface area (Å²) in [5.41, 5.74) is 3.31. The minimum Gasteiger partial charge on any atom is -0.311 e. The van der Waals surface area contributed by atoms with Crippen LogP contribution in [0.5, 0.6) is 0 Å². The molecule has 2 nitrogen and oxygen atoms in total. The van der Waals surface area contributed by atoms with Gasteiger partial charge in [-0.15, -0.1) is 24.8 Å². The fourth-order valence-electron chi connectivity index (χ4n) is 6.90. The third kappa shape index (κ3) is 5.22. The smallest absolute Gasteiger partial charge is 0.0252 e. The number of benzene rings is 2. The van der Waals surface area contributed by atoms with Crippen LogP contribution in [0.3, 0.4) is 0 Å². The van der Waals surface area contributed by atoms with Crippen molar-refractivity contribution in [3.8, 4) is 0 Å². The molecule has 0 unspecified atom stereocenters. The third-order valence-electron chi connectivity index (χ3n) is 7.74. The van der Waals surface area contributed by atoms with E-state index in [0.717, 1.165) is 37.4 Å². The Labute approximate surface area is 194 Å². The molecule has 0 saturated heterocycles. The van der Waals surface area contributed by atoms with Crippen LogP contribution >= 0.6 is 24.8 Å². The van der Waals surface area contributed by atoms with Crippen LogP contribution in [0.2, 0.25) is 0 Å².